The summed E-state index contributed by atoms with van der Waals surface area (Å²) in [5, 5.41) is 5.57. The molecule has 1 aromatic carbocycles. The molecule has 2 aromatic rings. The summed E-state index contributed by atoms with van der Waals surface area (Å²) in [4.78, 5) is 26.3. The lowest BCUT2D eigenvalue weighted by atomic mass is 10.3. The molecule has 7 nitrogen and oxygen atoms in total. The Balaban J connectivity index is 2.01. The maximum Gasteiger partial charge on any atom is 0.360 e. The number of nitrogens with zero attached hydrogens (tertiary/aromatic N) is 1. The molecule has 0 fully saturated rings. The molecule has 7 heteroatoms. The first kappa shape index (κ1) is 14.6. The highest BCUT2D eigenvalue weighted by Gasteiger charge is 2.13. The van der Waals surface area contributed by atoms with Gasteiger partial charge in [0.05, 0.1) is 6.61 Å². The van der Waals surface area contributed by atoms with Gasteiger partial charge in [0.2, 0.25) is 5.91 Å². The summed E-state index contributed by atoms with van der Waals surface area (Å²) in [7, 11) is 0. The molecule has 0 radical (unpaired) electrons. The third kappa shape index (κ3) is 4.07. The van der Waals surface area contributed by atoms with Gasteiger partial charge < -0.3 is 19.8 Å². The molecule has 110 valence electrons. The molecule has 0 saturated carbocycles. The number of carbonyl (C=O) groups is 2. The summed E-state index contributed by atoms with van der Waals surface area (Å²) in [6, 6.07) is 7.15. The van der Waals surface area contributed by atoms with Gasteiger partial charge >= 0.3 is 5.97 Å². The number of ether oxygens (including phenoxy) is 1. The van der Waals surface area contributed by atoms with Crippen LogP contribution in [0.1, 0.15) is 24.3 Å². The predicted octanol–water partition coefficient (Wildman–Crippen LogP) is 2.55. The number of hydrogen-bond acceptors (Lipinski definition) is 6. The predicted molar refractivity (Wildman–Crippen MR) is 76.5 cm³/mol. The Morgan fingerprint density at radius 3 is 2.52 bits per heavy atom. The topological polar surface area (TPSA) is 93.5 Å². The minimum Gasteiger partial charge on any atom is -0.461 e. The molecule has 0 aliphatic rings. The van der Waals surface area contributed by atoms with Crippen LogP contribution in [0.15, 0.2) is 34.9 Å². The standard InChI is InChI=1S/C14H15N3O4/c1-3-20-13(19)12-8-21-14(17-12)16-11-6-4-10(5-7-11)15-9(2)18/h4-8H,3H2,1-2H3,(H,15,18)(H,16,17). The van der Waals surface area contributed by atoms with E-state index in [9.17, 15) is 9.59 Å². The molecule has 1 amide bonds. The van der Waals surface area contributed by atoms with Crippen molar-refractivity contribution in [1.29, 1.82) is 0 Å². The normalized spacial score (nSPS) is 10.0. The third-order valence-corrected chi connectivity index (χ3v) is 2.45. The first-order valence-electron chi connectivity index (χ1n) is 6.36. The molecule has 2 N–H and O–H groups in total. The molecule has 0 aliphatic carbocycles. The summed E-state index contributed by atoms with van der Waals surface area (Å²) in [6.07, 6.45) is 1.23. The molecular weight excluding hydrogens is 274 g/mol. The summed E-state index contributed by atoms with van der Waals surface area (Å²) in [6.45, 7) is 3.43. The molecule has 1 aromatic heterocycles. The monoisotopic (exact) mass is 289 g/mol. The maximum absolute atomic E-state index is 11.4. The van der Waals surface area contributed by atoms with Gasteiger partial charge in [0.25, 0.3) is 6.01 Å². The van der Waals surface area contributed by atoms with Crippen LogP contribution in [-0.4, -0.2) is 23.5 Å². The van der Waals surface area contributed by atoms with E-state index in [-0.39, 0.29) is 24.2 Å². The Morgan fingerprint density at radius 2 is 1.90 bits per heavy atom. The average molecular weight is 289 g/mol. The van der Waals surface area contributed by atoms with Crippen molar-refractivity contribution in [3.8, 4) is 0 Å². The molecule has 0 saturated heterocycles. The van der Waals surface area contributed by atoms with Crippen LogP contribution in [0.2, 0.25) is 0 Å². The number of benzene rings is 1. The molecule has 21 heavy (non-hydrogen) atoms. The average Bonchev–Trinajstić information content (AvgIpc) is 2.89. The van der Waals surface area contributed by atoms with E-state index in [1.54, 1.807) is 31.2 Å². The van der Waals surface area contributed by atoms with Gasteiger partial charge in [-0.25, -0.2) is 4.79 Å². The van der Waals surface area contributed by atoms with Gasteiger partial charge in [-0.2, -0.15) is 4.98 Å². The molecule has 2 rings (SSSR count). The van der Waals surface area contributed by atoms with Gasteiger partial charge in [0.15, 0.2) is 5.69 Å². The van der Waals surface area contributed by atoms with Crippen LogP contribution < -0.4 is 10.6 Å². The lowest BCUT2D eigenvalue weighted by molar-refractivity contribution is -0.114. The SMILES string of the molecule is CCOC(=O)c1coc(Nc2ccc(NC(C)=O)cc2)n1. The van der Waals surface area contributed by atoms with E-state index in [1.165, 1.54) is 13.2 Å². The Bertz CT molecular complexity index is 634. The number of rotatable bonds is 5. The molecule has 0 spiro atoms. The van der Waals surface area contributed by atoms with Crippen molar-refractivity contribution in [3.63, 3.8) is 0 Å². The van der Waals surface area contributed by atoms with Gasteiger partial charge in [-0.1, -0.05) is 0 Å². The van der Waals surface area contributed by atoms with Crippen molar-refractivity contribution in [2.75, 3.05) is 17.2 Å². The molecule has 1 heterocycles. The highest BCUT2D eigenvalue weighted by atomic mass is 16.5. The second-order valence-electron chi connectivity index (χ2n) is 4.14. The van der Waals surface area contributed by atoms with Crippen LogP contribution in [-0.2, 0) is 9.53 Å². The molecular formula is C14H15N3O4. The second kappa shape index (κ2) is 6.56. The quantitative estimate of drug-likeness (QED) is 0.822. The van der Waals surface area contributed by atoms with Crippen molar-refractivity contribution < 1.29 is 18.7 Å². The zero-order valence-electron chi connectivity index (χ0n) is 11.7. The Kier molecular flexibility index (Phi) is 4.55. The van der Waals surface area contributed by atoms with Crippen molar-refractivity contribution in [2.24, 2.45) is 0 Å². The zero-order chi connectivity index (χ0) is 15.2. The van der Waals surface area contributed by atoms with Crippen molar-refractivity contribution in [1.82, 2.24) is 4.98 Å². The smallest absolute Gasteiger partial charge is 0.360 e. The number of anilines is 3. The van der Waals surface area contributed by atoms with E-state index in [1.807, 2.05) is 0 Å². The Hall–Kier alpha value is -2.83. The highest BCUT2D eigenvalue weighted by molar-refractivity contribution is 5.89. The van der Waals surface area contributed by atoms with Crippen molar-refractivity contribution in [2.45, 2.75) is 13.8 Å². The van der Waals surface area contributed by atoms with Gasteiger partial charge in [0.1, 0.15) is 6.26 Å². The molecule has 0 bridgehead atoms. The van der Waals surface area contributed by atoms with E-state index in [2.05, 4.69) is 15.6 Å². The van der Waals surface area contributed by atoms with Crippen LogP contribution >= 0.6 is 0 Å². The fraction of sp³-hybridized carbons (Fsp3) is 0.214. The van der Waals surface area contributed by atoms with Crippen molar-refractivity contribution >= 4 is 29.3 Å². The van der Waals surface area contributed by atoms with E-state index in [0.29, 0.717) is 11.4 Å². The molecule has 0 atom stereocenters. The first-order chi connectivity index (χ1) is 10.1. The number of nitrogens with one attached hydrogen (secondary N) is 2. The highest BCUT2D eigenvalue weighted by Crippen LogP contribution is 2.18. The lowest BCUT2D eigenvalue weighted by Gasteiger charge is -2.04. The first-order valence-corrected chi connectivity index (χ1v) is 6.36. The van der Waals surface area contributed by atoms with Gasteiger partial charge in [0, 0.05) is 18.3 Å². The number of carbonyl (C=O) groups excluding carboxylic acids is 2. The van der Waals surface area contributed by atoms with Gasteiger partial charge in [-0.05, 0) is 31.2 Å². The number of hydrogen-bond donors (Lipinski definition) is 2. The summed E-state index contributed by atoms with van der Waals surface area (Å²) in [5.74, 6) is -0.669. The van der Waals surface area contributed by atoms with E-state index < -0.39 is 5.97 Å². The lowest BCUT2D eigenvalue weighted by Crippen LogP contribution is -2.05. The van der Waals surface area contributed by atoms with E-state index >= 15 is 0 Å². The van der Waals surface area contributed by atoms with Gasteiger partial charge in [-0.15, -0.1) is 0 Å². The number of aromatic nitrogens is 1. The fourth-order valence-electron chi connectivity index (χ4n) is 1.59. The molecule has 0 unspecified atom stereocenters. The second-order valence-corrected chi connectivity index (χ2v) is 4.14. The summed E-state index contributed by atoms with van der Waals surface area (Å²) < 4.78 is 9.95. The fourth-order valence-corrected chi connectivity index (χ4v) is 1.59. The number of amides is 1. The van der Waals surface area contributed by atoms with Crippen molar-refractivity contribution in [3.05, 3.63) is 36.2 Å². The largest absolute Gasteiger partial charge is 0.461 e. The number of oxazole rings is 1. The summed E-state index contributed by atoms with van der Waals surface area (Å²) >= 11 is 0. The molecule has 0 aliphatic heterocycles. The van der Waals surface area contributed by atoms with Crippen LogP contribution in [0.3, 0.4) is 0 Å². The Labute approximate surface area is 121 Å². The minimum atomic E-state index is -0.532. The van der Waals surface area contributed by atoms with Crippen LogP contribution in [0, 0.1) is 0 Å². The number of esters is 1. The zero-order valence-corrected chi connectivity index (χ0v) is 11.7. The van der Waals surface area contributed by atoms with E-state index in [4.69, 9.17) is 9.15 Å². The van der Waals surface area contributed by atoms with Gasteiger partial charge in [-0.3, -0.25) is 4.79 Å². The third-order valence-electron chi connectivity index (χ3n) is 2.45. The maximum atomic E-state index is 11.4. The van der Waals surface area contributed by atoms with Crippen LogP contribution in [0.4, 0.5) is 17.4 Å². The van der Waals surface area contributed by atoms with E-state index in [0.717, 1.165) is 0 Å². The van der Waals surface area contributed by atoms with Crippen LogP contribution in [0.25, 0.3) is 0 Å². The summed E-state index contributed by atoms with van der Waals surface area (Å²) in [5.41, 5.74) is 1.50. The Morgan fingerprint density at radius 1 is 1.24 bits per heavy atom. The minimum absolute atomic E-state index is 0.106. The van der Waals surface area contributed by atoms with Crippen LogP contribution in [0.5, 0.6) is 0 Å².